The molecule has 1 aliphatic rings. The zero-order chi connectivity index (χ0) is 15.4. The minimum atomic E-state index is -0.917. The van der Waals surface area contributed by atoms with Crippen molar-refractivity contribution in [3.63, 3.8) is 0 Å². The highest BCUT2D eigenvalue weighted by atomic mass is 16.4. The van der Waals surface area contributed by atoms with Crippen molar-refractivity contribution in [2.75, 3.05) is 25.0 Å². The first-order valence-corrected chi connectivity index (χ1v) is 7.39. The number of hydrogen-bond donors (Lipinski definition) is 1. The van der Waals surface area contributed by atoms with Crippen molar-refractivity contribution < 1.29 is 14.7 Å². The lowest BCUT2D eigenvalue weighted by Crippen LogP contribution is -2.40. The molecule has 114 valence electrons. The molecule has 1 aromatic rings. The molecule has 0 aromatic heterocycles. The van der Waals surface area contributed by atoms with Crippen molar-refractivity contribution in [1.82, 2.24) is 4.90 Å². The SMILES string of the molecule is CCCN(C)c1ccc(C(=O)N2CCCC2C(=O)O)cc1. The summed E-state index contributed by atoms with van der Waals surface area (Å²) in [5.41, 5.74) is 1.61. The van der Waals surface area contributed by atoms with E-state index >= 15 is 0 Å². The predicted molar refractivity (Wildman–Crippen MR) is 81.7 cm³/mol. The lowest BCUT2D eigenvalue weighted by Gasteiger charge is -2.22. The van der Waals surface area contributed by atoms with E-state index in [1.165, 1.54) is 4.90 Å². The average molecular weight is 290 g/mol. The molecule has 2 rings (SSSR count). The van der Waals surface area contributed by atoms with E-state index in [1.54, 1.807) is 12.1 Å². The Morgan fingerprint density at radius 3 is 2.57 bits per heavy atom. The van der Waals surface area contributed by atoms with E-state index in [0.717, 1.165) is 25.1 Å². The number of aliphatic carboxylic acids is 1. The van der Waals surface area contributed by atoms with Gasteiger partial charge >= 0.3 is 5.97 Å². The Labute approximate surface area is 125 Å². The van der Waals surface area contributed by atoms with Crippen LogP contribution in [0.4, 0.5) is 5.69 Å². The Hall–Kier alpha value is -2.04. The molecule has 0 radical (unpaired) electrons. The maximum atomic E-state index is 12.4. The van der Waals surface area contributed by atoms with Gasteiger partial charge in [-0.2, -0.15) is 0 Å². The Morgan fingerprint density at radius 2 is 2.00 bits per heavy atom. The van der Waals surface area contributed by atoms with Crippen LogP contribution in [0, 0.1) is 0 Å². The summed E-state index contributed by atoms with van der Waals surface area (Å²) >= 11 is 0. The molecule has 0 bridgehead atoms. The second-order valence-corrected chi connectivity index (χ2v) is 5.46. The molecule has 21 heavy (non-hydrogen) atoms. The predicted octanol–water partition coefficient (Wildman–Crippen LogP) is 2.22. The number of carboxylic acids is 1. The summed E-state index contributed by atoms with van der Waals surface area (Å²) < 4.78 is 0. The Balaban J connectivity index is 2.11. The second kappa shape index (κ2) is 6.61. The zero-order valence-corrected chi connectivity index (χ0v) is 12.6. The number of amides is 1. The van der Waals surface area contributed by atoms with Gasteiger partial charge in [0, 0.05) is 31.4 Å². The third-order valence-corrected chi connectivity index (χ3v) is 3.91. The number of hydrogen-bond acceptors (Lipinski definition) is 3. The van der Waals surface area contributed by atoms with Crippen LogP contribution < -0.4 is 4.90 Å². The fraction of sp³-hybridized carbons (Fsp3) is 0.500. The molecule has 0 spiro atoms. The molecular weight excluding hydrogens is 268 g/mol. The van der Waals surface area contributed by atoms with Gasteiger partial charge in [-0.15, -0.1) is 0 Å². The van der Waals surface area contributed by atoms with Crippen LogP contribution in [-0.2, 0) is 4.79 Å². The Bertz CT molecular complexity index is 513. The van der Waals surface area contributed by atoms with E-state index in [2.05, 4.69) is 11.8 Å². The largest absolute Gasteiger partial charge is 0.480 e. The molecule has 0 aliphatic carbocycles. The summed E-state index contributed by atoms with van der Waals surface area (Å²) in [6.07, 6.45) is 2.35. The molecule has 1 N–H and O–H groups in total. The number of benzene rings is 1. The molecule has 1 heterocycles. The number of rotatable bonds is 5. The van der Waals surface area contributed by atoms with Gasteiger partial charge in [0.15, 0.2) is 0 Å². The van der Waals surface area contributed by atoms with Gasteiger partial charge in [-0.05, 0) is 43.5 Å². The first kappa shape index (κ1) is 15.4. The van der Waals surface area contributed by atoms with Crippen molar-refractivity contribution in [2.45, 2.75) is 32.2 Å². The highest BCUT2D eigenvalue weighted by Gasteiger charge is 2.34. The summed E-state index contributed by atoms with van der Waals surface area (Å²) in [4.78, 5) is 27.2. The molecule has 5 heteroatoms. The van der Waals surface area contributed by atoms with Crippen LogP contribution in [0.1, 0.15) is 36.5 Å². The minimum absolute atomic E-state index is 0.190. The van der Waals surface area contributed by atoms with E-state index in [9.17, 15) is 9.59 Å². The number of carbonyl (C=O) groups excluding carboxylic acids is 1. The fourth-order valence-corrected chi connectivity index (χ4v) is 2.76. The van der Waals surface area contributed by atoms with E-state index in [1.807, 2.05) is 19.2 Å². The Morgan fingerprint density at radius 1 is 1.33 bits per heavy atom. The summed E-state index contributed by atoms with van der Waals surface area (Å²) in [7, 11) is 2.02. The number of anilines is 1. The molecular formula is C16H22N2O3. The van der Waals surface area contributed by atoms with E-state index in [0.29, 0.717) is 18.5 Å². The number of likely N-dealkylation sites (tertiary alicyclic amines) is 1. The molecule has 1 aromatic carbocycles. The first-order chi connectivity index (χ1) is 10.0. The smallest absolute Gasteiger partial charge is 0.326 e. The topological polar surface area (TPSA) is 60.9 Å². The van der Waals surface area contributed by atoms with Gasteiger partial charge in [-0.3, -0.25) is 4.79 Å². The van der Waals surface area contributed by atoms with Crippen LogP contribution in [0.25, 0.3) is 0 Å². The van der Waals surface area contributed by atoms with Crippen LogP contribution in [0.2, 0.25) is 0 Å². The van der Waals surface area contributed by atoms with E-state index in [-0.39, 0.29) is 5.91 Å². The number of carbonyl (C=O) groups is 2. The second-order valence-electron chi connectivity index (χ2n) is 5.46. The van der Waals surface area contributed by atoms with Crippen molar-refractivity contribution in [1.29, 1.82) is 0 Å². The standard InChI is InChI=1S/C16H22N2O3/c1-3-10-17(2)13-8-6-12(7-9-13)15(19)18-11-4-5-14(18)16(20)21/h6-9,14H,3-5,10-11H2,1-2H3,(H,20,21). The van der Waals surface area contributed by atoms with Gasteiger partial charge in [0.1, 0.15) is 6.04 Å². The van der Waals surface area contributed by atoms with Crippen molar-refractivity contribution in [3.8, 4) is 0 Å². The molecule has 0 saturated carbocycles. The maximum absolute atomic E-state index is 12.4. The fourth-order valence-electron chi connectivity index (χ4n) is 2.76. The van der Waals surface area contributed by atoms with Crippen LogP contribution >= 0.6 is 0 Å². The minimum Gasteiger partial charge on any atom is -0.480 e. The highest BCUT2D eigenvalue weighted by Crippen LogP contribution is 2.22. The monoisotopic (exact) mass is 290 g/mol. The van der Waals surface area contributed by atoms with Crippen molar-refractivity contribution in [3.05, 3.63) is 29.8 Å². The van der Waals surface area contributed by atoms with Gasteiger partial charge < -0.3 is 14.9 Å². The lowest BCUT2D eigenvalue weighted by molar-refractivity contribution is -0.141. The quantitative estimate of drug-likeness (QED) is 0.903. The highest BCUT2D eigenvalue weighted by molar-refractivity contribution is 5.97. The molecule has 1 unspecified atom stereocenters. The number of carboxylic acid groups (broad SMARTS) is 1. The van der Waals surface area contributed by atoms with Gasteiger partial charge in [0.2, 0.25) is 0 Å². The Kier molecular flexibility index (Phi) is 4.83. The number of nitrogens with zero attached hydrogens (tertiary/aromatic N) is 2. The lowest BCUT2D eigenvalue weighted by atomic mass is 10.1. The summed E-state index contributed by atoms with van der Waals surface area (Å²) in [6, 6.07) is 6.70. The molecule has 1 atom stereocenters. The summed E-state index contributed by atoms with van der Waals surface area (Å²) in [5, 5.41) is 9.15. The summed E-state index contributed by atoms with van der Waals surface area (Å²) in [6.45, 7) is 3.60. The van der Waals surface area contributed by atoms with Crippen LogP contribution in [0.3, 0.4) is 0 Å². The third-order valence-electron chi connectivity index (χ3n) is 3.91. The van der Waals surface area contributed by atoms with Crippen molar-refractivity contribution in [2.24, 2.45) is 0 Å². The molecule has 1 amide bonds. The van der Waals surface area contributed by atoms with Crippen LogP contribution in [0.5, 0.6) is 0 Å². The molecule has 1 saturated heterocycles. The van der Waals surface area contributed by atoms with E-state index in [4.69, 9.17) is 5.11 Å². The van der Waals surface area contributed by atoms with Gasteiger partial charge in [-0.25, -0.2) is 4.79 Å². The average Bonchev–Trinajstić information content (AvgIpc) is 2.96. The maximum Gasteiger partial charge on any atom is 0.326 e. The molecule has 1 aliphatic heterocycles. The van der Waals surface area contributed by atoms with E-state index < -0.39 is 12.0 Å². The van der Waals surface area contributed by atoms with Crippen LogP contribution in [-0.4, -0.2) is 48.1 Å². The normalized spacial score (nSPS) is 17.8. The van der Waals surface area contributed by atoms with Gasteiger partial charge in [0.05, 0.1) is 0 Å². The van der Waals surface area contributed by atoms with Crippen molar-refractivity contribution >= 4 is 17.6 Å². The van der Waals surface area contributed by atoms with Gasteiger partial charge in [-0.1, -0.05) is 6.92 Å². The van der Waals surface area contributed by atoms with Gasteiger partial charge in [0.25, 0.3) is 5.91 Å². The molecule has 1 fully saturated rings. The third kappa shape index (κ3) is 3.35. The molecule has 5 nitrogen and oxygen atoms in total. The van der Waals surface area contributed by atoms with Crippen LogP contribution in [0.15, 0.2) is 24.3 Å². The first-order valence-electron chi connectivity index (χ1n) is 7.39. The zero-order valence-electron chi connectivity index (χ0n) is 12.6. The summed E-state index contributed by atoms with van der Waals surface area (Å²) in [5.74, 6) is -1.11.